The minimum atomic E-state index is -0.0467. The second kappa shape index (κ2) is 5.65. The summed E-state index contributed by atoms with van der Waals surface area (Å²) in [5, 5.41) is 0.561. The van der Waals surface area contributed by atoms with Crippen molar-refractivity contribution in [2.75, 3.05) is 13.7 Å². The fourth-order valence-electron chi connectivity index (χ4n) is 2.34. The third-order valence-electron chi connectivity index (χ3n) is 3.94. The van der Waals surface area contributed by atoms with Crippen LogP contribution in [-0.2, 0) is 4.74 Å². The van der Waals surface area contributed by atoms with Crippen LogP contribution in [0.2, 0.25) is 5.02 Å². The number of rotatable bonds is 3. The SMILES string of the molecule is C[N+]1=C(c2cccc(Oc3ccccc3)c2Cl)OCC1(C)C. The Morgan fingerprint density at radius 1 is 1.09 bits per heavy atom. The van der Waals surface area contributed by atoms with Crippen molar-refractivity contribution in [3.63, 3.8) is 0 Å². The maximum atomic E-state index is 6.54. The molecule has 1 aliphatic heterocycles. The van der Waals surface area contributed by atoms with Gasteiger partial charge >= 0.3 is 5.90 Å². The minimum absolute atomic E-state index is 0.0467. The van der Waals surface area contributed by atoms with Crippen molar-refractivity contribution >= 4 is 17.5 Å². The molecule has 1 heterocycles. The molecule has 0 aliphatic carbocycles. The molecule has 2 aromatic rings. The molecule has 3 nitrogen and oxygen atoms in total. The van der Waals surface area contributed by atoms with Gasteiger partial charge in [-0.15, -0.1) is 0 Å². The molecule has 0 fully saturated rings. The third-order valence-corrected chi connectivity index (χ3v) is 4.33. The van der Waals surface area contributed by atoms with Crippen molar-refractivity contribution < 1.29 is 14.0 Å². The molecule has 114 valence electrons. The number of para-hydroxylation sites is 1. The first-order chi connectivity index (χ1) is 10.5. The highest BCUT2D eigenvalue weighted by molar-refractivity contribution is 6.35. The first kappa shape index (κ1) is 14.9. The maximum Gasteiger partial charge on any atom is 0.372 e. The van der Waals surface area contributed by atoms with E-state index < -0.39 is 0 Å². The molecule has 0 N–H and O–H groups in total. The molecular formula is C18H19ClNO2+. The van der Waals surface area contributed by atoms with Crippen LogP contribution in [0.3, 0.4) is 0 Å². The van der Waals surface area contributed by atoms with Crippen LogP contribution in [0.15, 0.2) is 48.5 Å². The Morgan fingerprint density at radius 3 is 2.45 bits per heavy atom. The molecule has 0 aromatic heterocycles. The molecule has 0 saturated carbocycles. The van der Waals surface area contributed by atoms with Crippen LogP contribution in [0.25, 0.3) is 0 Å². The van der Waals surface area contributed by atoms with Gasteiger partial charge in [0, 0.05) is 13.8 Å². The van der Waals surface area contributed by atoms with Crippen molar-refractivity contribution in [3.05, 3.63) is 59.1 Å². The predicted molar refractivity (Wildman–Crippen MR) is 88.3 cm³/mol. The van der Waals surface area contributed by atoms with E-state index >= 15 is 0 Å². The second-order valence-electron chi connectivity index (χ2n) is 6.00. The second-order valence-corrected chi connectivity index (χ2v) is 6.38. The van der Waals surface area contributed by atoms with Crippen molar-refractivity contribution in [2.24, 2.45) is 0 Å². The highest BCUT2D eigenvalue weighted by Crippen LogP contribution is 2.33. The Hall–Kier alpha value is -2.00. The molecular weight excluding hydrogens is 298 g/mol. The monoisotopic (exact) mass is 316 g/mol. The summed E-state index contributed by atoms with van der Waals surface area (Å²) < 4.78 is 13.8. The van der Waals surface area contributed by atoms with Crippen LogP contribution in [0.4, 0.5) is 0 Å². The first-order valence-electron chi connectivity index (χ1n) is 7.24. The summed E-state index contributed by atoms with van der Waals surface area (Å²) in [6.07, 6.45) is 0. The number of hydrogen-bond donors (Lipinski definition) is 0. The van der Waals surface area contributed by atoms with Crippen LogP contribution in [0, 0.1) is 0 Å². The average molecular weight is 317 g/mol. The fraction of sp³-hybridized carbons (Fsp3) is 0.278. The van der Waals surface area contributed by atoms with Crippen LogP contribution in [0.5, 0.6) is 11.5 Å². The Balaban J connectivity index is 1.99. The quantitative estimate of drug-likeness (QED) is 0.786. The maximum absolute atomic E-state index is 6.54. The Labute approximate surface area is 135 Å². The van der Waals surface area contributed by atoms with Gasteiger partial charge in [-0.3, -0.25) is 0 Å². The molecule has 0 amide bonds. The van der Waals surface area contributed by atoms with E-state index in [1.807, 2.05) is 55.6 Å². The summed E-state index contributed by atoms with van der Waals surface area (Å²) in [7, 11) is 2.02. The molecule has 0 atom stereocenters. The van der Waals surface area contributed by atoms with E-state index in [0.29, 0.717) is 17.4 Å². The van der Waals surface area contributed by atoms with E-state index in [2.05, 4.69) is 18.4 Å². The van der Waals surface area contributed by atoms with Gasteiger partial charge in [-0.25, -0.2) is 0 Å². The van der Waals surface area contributed by atoms with E-state index in [1.54, 1.807) is 0 Å². The van der Waals surface area contributed by atoms with Crippen molar-refractivity contribution in [3.8, 4) is 11.5 Å². The Bertz CT molecular complexity index is 723. The van der Waals surface area contributed by atoms with E-state index in [-0.39, 0.29) is 5.54 Å². The van der Waals surface area contributed by atoms with Crippen molar-refractivity contribution in [1.82, 2.24) is 0 Å². The van der Waals surface area contributed by atoms with E-state index in [9.17, 15) is 0 Å². The predicted octanol–water partition coefficient (Wildman–Crippen LogP) is 4.33. The molecule has 0 unspecified atom stereocenters. The third kappa shape index (κ3) is 2.69. The lowest BCUT2D eigenvalue weighted by Crippen LogP contribution is -2.33. The summed E-state index contributed by atoms with van der Waals surface area (Å²) in [5.74, 6) is 2.17. The number of hydrogen-bond acceptors (Lipinski definition) is 2. The molecule has 0 bridgehead atoms. The normalized spacial score (nSPS) is 16.5. The smallest absolute Gasteiger partial charge is 0.372 e. The van der Waals surface area contributed by atoms with Crippen LogP contribution in [0.1, 0.15) is 19.4 Å². The lowest BCUT2D eigenvalue weighted by Gasteiger charge is -2.10. The molecule has 3 rings (SSSR count). The number of ether oxygens (including phenoxy) is 2. The van der Waals surface area contributed by atoms with Gasteiger partial charge in [-0.2, -0.15) is 4.58 Å². The fourth-order valence-corrected chi connectivity index (χ4v) is 2.59. The van der Waals surface area contributed by atoms with E-state index in [4.69, 9.17) is 21.1 Å². The van der Waals surface area contributed by atoms with Gasteiger partial charge in [0.15, 0.2) is 12.1 Å². The highest BCUT2D eigenvalue weighted by atomic mass is 35.5. The Morgan fingerprint density at radius 2 is 1.82 bits per heavy atom. The summed E-state index contributed by atoms with van der Waals surface area (Å²) in [5.41, 5.74) is 0.803. The average Bonchev–Trinajstić information content (AvgIpc) is 2.77. The molecule has 1 aliphatic rings. The molecule has 0 spiro atoms. The van der Waals surface area contributed by atoms with E-state index in [1.165, 1.54) is 0 Å². The van der Waals surface area contributed by atoms with Gasteiger partial charge in [-0.1, -0.05) is 35.9 Å². The number of likely N-dealkylation sites (N-methyl/N-ethyl adjacent to an activating group) is 1. The summed E-state index contributed by atoms with van der Waals surface area (Å²) in [6, 6.07) is 15.3. The Kier molecular flexibility index (Phi) is 3.83. The molecule has 22 heavy (non-hydrogen) atoms. The summed E-state index contributed by atoms with van der Waals surface area (Å²) in [6.45, 7) is 4.91. The van der Waals surface area contributed by atoms with Crippen molar-refractivity contribution in [2.45, 2.75) is 19.4 Å². The van der Waals surface area contributed by atoms with Gasteiger partial charge in [0.05, 0.1) is 0 Å². The molecule has 4 heteroatoms. The van der Waals surface area contributed by atoms with Crippen LogP contribution in [-0.4, -0.2) is 29.7 Å². The number of nitrogens with zero attached hydrogens (tertiary/aromatic N) is 1. The highest BCUT2D eigenvalue weighted by Gasteiger charge is 2.41. The largest absolute Gasteiger partial charge is 0.456 e. The summed E-state index contributed by atoms with van der Waals surface area (Å²) >= 11 is 6.54. The topological polar surface area (TPSA) is 21.5 Å². The molecule has 0 radical (unpaired) electrons. The lowest BCUT2D eigenvalue weighted by molar-refractivity contribution is -0.562. The summed E-state index contributed by atoms with van der Waals surface area (Å²) in [4.78, 5) is 0. The van der Waals surface area contributed by atoms with Crippen LogP contribution < -0.4 is 4.74 Å². The molecule has 2 aromatic carbocycles. The van der Waals surface area contributed by atoms with Crippen molar-refractivity contribution in [1.29, 1.82) is 0 Å². The minimum Gasteiger partial charge on any atom is -0.456 e. The lowest BCUT2D eigenvalue weighted by atomic mass is 10.1. The van der Waals surface area contributed by atoms with Gasteiger partial charge in [-0.05, 0) is 24.3 Å². The number of halogens is 1. The van der Waals surface area contributed by atoms with Gasteiger partial charge in [0.25, 0.3) is 0 Å². The zero-order valence-corrected chi connectivity index (χ0v) is 13.7. The van der Waals surface area contributed by atoms with Gasteiger partial charge in [0.1, 0.15) is 29.1 Å². The zero-order chi connectivity index (χ0) is 15.7. The van der Waals surface area contributed by atoms with Gasteiger partial charge < -0.3 is 9.47 Å². The van der Waals surface area contributed by atoms with Crippen LogP contribution >= 0.6 is 11.6 Å². The zero-order valence-electron chi connectivity index (χ0n) is 13.0. The standard InChI is InChI=1S/C18H19ClNO2/c1-18(2)12-21-17(20(18)3)14-10-7-11-15(16(14)19)22-13-8-5-4-6-9-13/h4-11H,12H2,1-3H3/q+1. The first-order valence-corrected chi connectivity index (χ1v) is 7.62. The number of benzene rings is 2. The van der Waals surface area contributed by atoms with E-state index in [0.717, 1.165) is 17.2 Å². The van der Waals surface area contributed by atoms with Gasteiger partial charge in [0.2, 0.25) is 0 Å². The molecule has 0 saturated heterocycles.